The van der Waals surface area contributed by atoms with Gasteiger partial charge in [0.15, 0.2) is 5.54 Å². The van der Waals surface area contributed by atoms with Gasteiger partial charge in [0.05, 0.1) is 6.61 Å². The first-order chi connectivity index (χ1) is 16.3. The number of ether oxygens (including phenoxy) is 1. The minimum Gasteiger partial charge on any atom is -0.479 e. The Hall–Kier alpha value is -3.39. The third kappa shape index (κ3) is 4.92. The van der Waals surface area contributed by atoms with E-state index in [1.807, 2.05) is 24.3 Å². The van der Waals surface area contributed by atoms with E-state index in [0.717, 1.165) is 24.0 Å². The van der Waals surface area contributed by atoms with Crippen LogP contribution in [0.25, 0.3) is 11.1 Å². The topological polar surface area (TPSA) is 125 Å². The number of alkyl carbamates (subject to hydrolysis) is 1. The maximum absolute atomic E-state index is 12.5. The molecule has 8 heteroatoms. The van der Waals surface area contributed by atoms with Crippen LogP contribution in [0.2, 0.25) is 0 Å². The van der Waals surface area contributed by atoms with E-state index >= 15 is 0 Å². The summed E-state index contributed by atoms with van der Waals surface area (Å²) in [6, 6.07) is 16.2. The number of hydrogen-bond donors (Lipinski definition) is 4. The standard InChI is InChI=1S/C26H30N2O6/c1-26(15-29,24(31)32)28-23(30)13-16-10-11-17(12-16)27-25(33)34-14-22-20-8-4-2-6-18(20)19-7-3-5-9-21(19)22/h2-9,16-17,22,29H,10-15H2,1H3,(H,27,33)(H,28,30)(H,31,32)/t16-,17+,26?/m1/s1. The predicted molar refractivity (Wildman–Crippen MR) is 125 cm³/mol. The average Bonchev–Trinajstić information content (AvgIpc) is 3.39. The van der Waals surface area contributed by atoms with Crippen molar-refractivity contribution in [3.63, 3.8) is 0 Å². The highest BCUT2D eigenvalue weighted by Crippen LogP contribution is 2.44. The first-order valence-corrected chi connectivity index (χ1v) is 11.6. The van der Waals surface area contributed by atoms with Crippen LogP contribution in [0, 0.1) is 5.92 Å². The molecule has 0 radical (unpaired) electrons. The number of carbonyl (C=O) groups is 3. The number of carboxylic acid groups (broad SMARTS) is 1. The molecule has 0 heterocycles. The fraction of sp³-hybridized carbons (Fsp3) is 0.423. The Bertz CT molecular complexity index is 1040. The fourth-order valence-corrected chi connectivity index (χ4v) is 4.98. The number of aliphatic hydroxyl groups excluding tert-OH is 1. The van der Waals surface area contributed by atoms with E-state index in [9.17, 15) is 24.6 Å². The summed E-state index contributed by atoms with van der Waals surface area (Å²) in [5.41, 5.74) is 2.95. The van der Waals surface area contributed by atoms with Gasteiger partial charge in [-0.15, -0.1) is 0 Å². The minimum absolute atomic E-state index is 0.00626. The van der Waals surface area contributed by atoms with Gasteiger partial charge in [0, 0.05) is 18.4 Å². The highest BCUT2D eigenvalue weighted by molar-refractivity contribution is 5.87. The molecule has 180 valence electrons. The predicted octanol–water partition coefficient (Wildman–Crippen LogP) is 3.04. The van der Waals surface area contributed by atoms with Crippen molar-refractivity contribution >= 4 is 18.0 Å². The Kier molecular flexibility index (Phi) is 6.88. The third-order valence-corrected chi connectivity index (χ3v) is 6.88. The van der Waals surface area contributed by atoms with Gasteiger partial charge in [-0.2, -0.15) is 0 Å². The number of aliphatic hydroxyl groups is 1. The summed E-state index contributed by atoms with van der Waals surface area (Å²) in [5, 5.41) is 23.8. The summed E-state index contributed by atoms with van der Waals surface area (Å²) >= 11 is 0. The van der Waals surface area contributed by atoms with Crippen molar-refractivity contribution in [2.24, 2.45) is 5.92 Å². The molecule has 0 aromatic heterocycles. The second-order valence-electron chi connectivity index (χ2n) is 9.39. The van der Waals surface area contributed by atoms with Crippen LogP contribution in [0.3, 0.4) is 0 Å². The minimum atomic E-state index is -1.70. The van der Waals surface area contributed by atoms with Crippen molar-refractivity contribution in [2.45, 2.75) is 50.1 Å². The molecule has 2 aliphatic rings. The van der Waals surface area contributed by atoms with Crippen LogP contribution < -0.4 is 10.6 Å². The van der Waals surface area contributed by atoms with E-state index in [0.29, 0.717) is 6.42 Å². The van der Waals surface area contributed by atoms with Crippen LogP contribution in [0.5, 0.6) is 0 Å². The Morgan fingerprint density at radius 1 is 1.03 bits per heavy atom. The second kappa shape index (κ2) is 9.85. The van der Waals surface area contributed by atoms with Gasteiger partial charge in [-0.05, 0) is 54.4 Å². The lowest BCUT2D eigenvalue weighted by Gasteiger charge is -2.24. The van der Waals surface area contributed by atoms with Crippen molar-refractivity contribution in [1.29, 1.82) is 0 Å². The number of hydrogen-bond acceptors (Lipinski definition) is 5. The first-order valence-electron chi connectivity index (χ1n) is 11.6. The third-order valence-electron chi connectivity index (χ3n) is 6.88. The molecular weight excluding hydrogens is 436 g/mol. The summed E-state index contributed by atoms with van der Waals surface area (Å²) in [5.74, 6) is -1.70. The smallest absolute Gasteiger partial charge is 0.407 e. The monoisotopic (exact) mass is 466 g/mol. The summed E-state index contributed by atoms with van der Waals surface area (Å²) in [6.45, 7) is 0.821. The zero-order valence-corrected chi connectivity index (χ0v) is 19.1. The SMILES string of the molecule is CC(CO)(NC(=O)C[C@@H]1CC[C@H](NC(=O)OCC2c3ccccc3-c3ccccc32)C1)C(=O)O. The molecule has 2 aromatic rings. The molecule has 1 fully saturated rings. The Labute approximate surface area is 198 Å². The van der Waals surface area contributed by atoms with E-state index < -0.39 is 30.1 Å². The van der Waals surface area contributed by atoms with Crippen LogP contribution in [-0.2, 0) is 14.3 Å². The van der Waals surface area contributed by atoms with E-state index in [4.69, 9.17) is 4.74 Å². The van der Waals surface area contributed by atoms with Gasteiger partial charge in [-0.3, -0.25) is 4.79 Å². The van der Waals surface area contributed by atoms with Crippen molar-refractivity contribution in [3.05, 3.63) is 59.7 Å². The molecule has 1 unspecified atom stereocenters. The molecule has 2 amide bonds. The lowest BCUT2D eigenvalue weighted by molar-refractivity contribution is -0.148. The Balaban J connectivity index is 1.27. The molecule has 2 aromatic carbocycles. The first kappa shape index (κ1) is 23.8. The summed E-state index contributed by atoms with van der Waals surface area (Å²) < 4.78 is 5.60. The molecule has 3 atom stereocenters. The van der Waals surface area contributed by atoms with Crippen molar-refractivity contribution in [1.82, 2.24) is 10.6 Å². The van der Waals surface area contributed by atoms with Crippen LogP contribution in [0.4, 0.5) is 4.79 Å². The van der Waals surface area contributed by atoms with Gasteiger partial charge < -0.3 is 25.6 Å². The molecule has 0 bridgehead atoms. The van der Waals surface area contributed by atoms with Crippen LogP contribution in [-0.4, -0.2) is 53.0 Å². The maximum atomic E-state index is 12.5. The largest absolute Gasteiger partial charge is 0.479 e. The quantitative estimate of drug-likeness (QED) is 0.474. The van der Waals surface area contributed by atoms with Gasteiger partial charge in [-0.1, -0.05) is 48.5 Å². The van der Waals surface area contributed by atoms with E-state index in [-0.39, 0.29) is 30.9 Å². The summed E-state index contributed by atoms with van der Waals surface area (Å²) in [4.78, 5) is 36.0. The molecule has 4 rings (SSSR count). The molecule has 4 N–H and O–H groups in total. The number of benzene rings is 2. The zero-order valence-electron chi connectivity index (χ0n) is 19.1. The Morgan fingerprint density at radius 3 is 2.24 bits per heavy atom. The lowest BCUT2D eigenvalue weighted by atomic mass is 9.98. The zero-order chi connectivity index (χ0) is 24.3. The highest BCUT2D eigenvalue weighted by atomic mass is 16.5. The molecule has 34 heavy (non-hydrogen) atoms. The molecule has 1 saturated carbocycles. The lowest BCUT2D eigenvalue weighted by Crippen LogP contribution is -2.55. The van der Waals surface area contributed by atoms with E-state index in [2.05, 4.69) is 34.9 Å². The van der Waals surface area contributed by atoms with Gasteiger partial charge in [-0.25, -0.2) is 9.59 Å². The maximum Gasteiger partial charge on any atom is 0.407 e. The number of fused-ring (bicyclic) bond motifs is 3. The number of nitrogens with one attached hydrogen (secondary N) is 2. The number of carbonyl (C=O) groups excluding carboxylic acids is 2. The average molecular weight is 467 g/mol. The van der Waals surface area contributed by atoms with Crippen LogP contribution in [0.1, 0.15) is 49.7 Å². The molecule has 0 aliphatic heterocycles. The molecule has 8 nitrogen and oxygen atoms in total. The highest BCUT2D eigenvalue weighted by Gasteiger charge is 2.36. The van der Waals surface area contributed by atoms with Gasteiger partial charge in [0.1, 0.15) is 6.61 Å². The molecule has 0 saturated heterocycles. The van der Waals surface area contributed by atoms with Crippen LogP contribution >= 0.6 is 0 Å². The molecule has 0 spiro atoms. The number of carboxylic acids is 1. The fourth-order valence-electron chi connectivity index (χ4n) is 4.98. The van der Waals surface area contributed by atoms with Crippen LogP contribution in [0.15, 0.2) is 48.5 Å². The summed E-state index contributed by atoms with van der Waals surface area (Å²) in [6.07, 6.45) is 1.74. The van der Waals surface area contributed by atoms with Gasteiger partial charge in [0.2, 0.25) is 5.91 Å². The number of rotatable bonds is 8. The number of amides is 2. The Morgan fingerprint density at radius 2 is 1.65 bits per heavy atom. The van der Waals surface area contributed by atoms with Crippen molar-refractivity contribution in [2.75, 3.05) is 13.2 Å². The summed E-state index contributed by atoms with van der Waals surface area (Å²) in [7, 11) is 0. The van der Waals surface area contributed by atoms with E-state index in [1.54, 1.807) is 0 Å². The number of aliphatic carboxylic acids is 1. The molecule has 2 aliphatic carbocycles. The molecular formula is C26H30N2O6. The van der Waals surface area contributed by atoms with E-state index in [1.165, 1.54) is 18.1 Å². The van der Waals surface area contributed by atoms with Crippen molar-refractivity contribution < 1.29 is 29.3 Å². The second-order valence-corrected chi connectivity index (χ2v) is 9.39. The van der Waals surface area contributed by atoms with Gasteiger partial charge in [0.25, 0.3) is 0 Å². The van der Waals surface area contributed by atoms with Gasteiger partial charge >= 0.3 is 12.1 Å². The normalized spacial score (nSPS) is 20.6. The van der Waals surface area contributed by atoms with Crippen molar-refractivity contribution in [3.8, 4) is 11.1 Å².